The number of carbonyl (C=O) groups excluding carboxylic acids is 1. The van der Waals surface area contributed by atoms with Gasteiger partial charge < -0.3 is 4.74 Å². The molecule has 0 atom stereocenters. The number of methoxy groups -OCH3 is 1. The van der Waals surface area contributed by atoms with E-state index >= 15 is 0 Å². The van der Waals surface area contributed by atoms with Gasteiger partial charge >= 0.3 is 5.97 Å². The van der Waals surface area contributed by atoms with Gasteiger partial charge in [0.05, 0.1) is 22.2 Å². The Balaban J connectivity index is 3.26. The quantitative estimate of drug-likeness (QED) is 0.581. The van der Waals surface area contributed by atoms with Crippen molar-refractivity contribution in [3.63, 3.8) is 0 Å². The molecule has 1 aromatic rings. The zero-order valence-corrected chi connectivity index (χ0v) is 10.5. The molecule has 2 nitrogen and oxygen atoms in total. The Kier molecular flexibility index (Phi) is 3.76. The number of rotatable bonds is 1. The van der Waals surface area contributed by atoms with Gasteiger partial charge in [0.1, 0.15) is 0 Å². The molecule has 0 aliphatic rings. The molecule has 0 heterocycles. The van der Waals surface area contributed by atoms with Crippen LogP contribution in [0.4, 0.5) is 0 Å². The third-order valence-corrected chi connectivity index (χ3v) is 4.16. The van der Waals surface area contributed by atoms with Crippen LogP contribution in [-0.2, 0) is 4.74 Å². The fourth-order valence-corrected chi connectivity index (χ4v) is 1.92. The first kappa shape index (κ1) is 11.0. The van der Waals surface area contributed by atoms with E-state index in [2.05, 4.69) is 36.6 Å². The molecule has 0 aliphatic heterocycles. The Morgan fingerprint density at radius 1 is 1.38 bits per heavy atom. The van der Waals surface area contributed by atoms with Gasteiger partial charge in [-0.2, -0.15) is 0 Å². The van der Waals surface area contributed by atoms with Gasteiger partial charge in [-0.25, -0.2) is 4.79 Å². The summed E-state index contributed by atoms with van der Waals surface area (Å²) in [6, 6.07) is 3.23. The van der Waals surface area contributed by atoms with Crippen LogP contribution in [0.25, 0.3) is 0 Å². The van der Waals surface area contributed by atoms with Crippen molar-refractivity contribution in [3.8, 4) is 0 Å². The van der Waals surface area contributed by atoms with Gasteiger partial charge in [0.25, 0.3) is 0 Å². The SMILES string of the molecule is COC(=O)c1ccc(Cl)c(Br)c1Br. The minimum atomic E-state index is -0.399. The zero-order chi connectivity index (χ0) is 10.0. The standard InChI is InChI=1S/C8H5Br2ClO2/c1-13-8(12)4-2-3-5(11)7(10)6(4)9/h2-3H,1H3. The van der Waals surface area contributed by atoms with Crippen LogP contribution in [0.3, 0.4) is 0 Å². The molecule has 0 unspecified atom stereocenters. The Bertz CT molecular complexity index is 352. The van der Waals surface area contributed by atoms with Crippen LogP contribution in [0, 0.1) is 0 Å². The van der Waals surface area contributed by atoms with E-state index in [9.17, 15) is 4.79 Å². The van der Waals surface area contributed by atoms with E-state index in [1.165, 1.54) is 7.11 Å². The average molecular weight is 328 g/mol. The fraction of sp³-hybridized carbons (Fsp3) is 0.125. The Hall–Kier alpha value is -0.0600. The van der Waals surface area contributed by atoms with E-state index in [1.807, 2.05) is 0 Å². The smallest absolute Gasteiger partial charge is 0.339 e. The highest BCUT2D eigenvalue weighted by molar-refractivity contribution is 9.13. The summed E-state index contributed by atoms with van der Waals surface area (Å²) in [6.45, 7) is 0. The first-order valence-corrected chi connectivity index (χ1v) is 5.26. The minimum Gasteiger partial charge on any atom is -0.465 e. The highest BCUT2D eigenvalue weighted by Crippen LogP contribution is 2.33. The third-order valence-electron chi connectivity index (χ3n) is 1.44. The molecule has 0 aliphatic carbocycles. The second-order valence-corrected chi connectivity index (χ2v) is 4.21. The van der Waals surface area contributed by atoms with E-state index in [-0.39, 0.29) is 0 Å². The normalized spacial score (nSPS) is 9.85. The van der Waals surface area contributed by atoms with Crippen molar-refractivity contribution < 1.29 is 9.53 Å². The van der Waals surface area contributed by atoms with Crippen LogP contribution >= 0.6 is 43.5 Å². The Morgan fingerprint density at radius 3 is 2.54 bits per heavy atom. The van der Waals surface area contributed by atoms with Crippen LogP contribution in [0.5, 0.6) is 0 Å². The van der Waals surface area contributed by atoms with Crippen molar-refractivity contribution in [2.75, 3.05) is 7.11 Å². The van der Waals surface area contributed by atoms with Gasteiger partial charge in [-0.05, 0) is 44.0 Å². The molecule has 0 fully saturated rings. The van der Waals surface area contributed by atoms with Crippen molar-refractivity contribution in [2.45, 2.75) is 0 Å². The predicted octanol–water partition coefficient (Wildman–Crippen LogP) is 3.65. The van der Waals surface area contributed by atoms with Crippen LogP contribution in [-0.4, -0.2) is 13.1 Å². The molecule has 13 heavy (non-hydrogen) atoms. The second-order valence-electron chi connectivity index (χ2n) is 2.21. The summed E-state index contributed by atoms with van der Waals surface area (Å²) in [6.07, 6.45) is 0. The molecule has 1 aromatic carbocycles. The van der Waals surface area contributed by atoms with E-state index < -0.39 is 5.97 Å². The molecule has 0 N–H and O–H groups in total. The lowest BCUT2D eigenvalue weighted by Gasteiger charge is -2.04. The maximum absolute atomic E-state index is 11.2. The van der Waals surface area contributed by atoms with Crippen molar-refractivity contribution in [3.05, 3.63) is 31.7 Å². The summed E-state index contributed by atoms with van der Waals surface area (Å²) in [5.74, 6) is -0.399. The molecule has 0 saturated heterocycles. The van der Waals surface area contributed by atoms with Crippen LogP contribution in [0.15, 0.2) is 21.1 Å². The molecular formula is C8H5Br2ClO2. The van der Waals surface area contributed by atoms with Gasteiger partial charge in [0.15, 0.2) is 0 Å². The Morgan fingerprint density at radius 2 is 2.00 bits per heavy atom. The molecule has 5 heteroatoms. The maximum atomic E-state index is 11.2. The zero-order valence-electron chi connectivity index (χ0n) is 6.61. The van der Waals surface area contributed by atoms with E-state index in [0.717, 1.165) is 0 Å². The fourth-order valence-electron chi connectivity index (χ4n) is 0.794. The summed E-state index contributed by atoms with van der Waals surface area (Å²) in [5.41, 5.74) is 0.443. The number of ether oxygens (including phenoxy) is 1. The topological polar surface area (TPSA) is 26.3 Å². The van der Waals surface area contributed by atoms with E-state index in [4.69, 9.17) is 11.6 Å². The summed E-state index contributed by atoms with van der Waals surface area (Å²) < 4.78 is 5.83. The summed E-state index contributed by atoms with van der Waals surface area (Å²) in [7, 11) is 1.33. The molecule has 1 rings (SSSR count). The third kappa shape index (κ3) is 2.24. The van der Waals surface area contributed by atoms with Gasteiger partial charge in [-0.1, -0.05) is 11.6 Å². The number of esters is 1. The van der Waals surface area contributed by atoms with Crippen LogP contribution in [0.2, 0.25) is 5.02 Å². The summed E-state index contributed by atoms with van der Waals surface area (Å²) in [4.78, 5) is 11.2. The van der Waals surface area contributed by atoms with Crippen molar-refractivity contribution in [1.82, 2.24) is 0 Å². The lowest BCUT2D eigenvalue weighted by atomic mass is 10.2. The van der Waals surface area contributed by atoms with Gasteiger partial charge in [0.2, 0.25) is 0 Å². The average Bonchev–Trinajstić information content (AvgIpc) is 2.13. The molecule has 0 aromatic heterocycles. The minimum absolute atomic E-state index is 0.399. The second kappa shape index (κ2) is 4.44. The van der Waals surface area contributed by atoms with E-state index in [1.54, 1.807) is 12.1 Å². The van der Waals surface area contributed by atoms with Crippen molar-refractivity contribution in [1.29, 1.82) is 0 Å². The summed E-state index contributed by atoms with van der Waals surface area (Å²) >= 11 is 12.3. The first-order valence-electron chi connectivity index (χ1n) is 3.29. The highest BCUT2D eigenvalue weighted by Gasteiger charge is 2.14. The number of carbonyl (C=O) groups is 1. The lowest BCUT2D eigenvalue weighted by molar-refractivity contribution is 0.0599. The lowest BCUT2D eigenvalue weighted by Crippen LogP contribution is -2.02. The van der Waals surface area contributed by atoms with Gasteiger partial charge in [-0.15, -0.1) is 0 Å². The molecule has 70 valence electrons. The van der Waals surface area contributed by atoms with Crippen LogP contribution in [0.1, 0.15) is 10.4 Å². The predicted molar refractivity (Wildman–Crippen MR) is 58.2 cm³/mol. The monoisotopic (exact) mass is 326 g/mol. The van der Waals surface area contributed by atoms with Crippen molar-refractivity contribution >= 4 is 49.4 Å². The van der Waals surface area contributed by atoms with Crippen LogP contribution < -0.4 is 0 Å². The molecule has 0 bridgehead atoms. The van der Waals surface area contributed by atoms with E-state index in [0.29, 0.717) is 19.5 Å². The molecule has 0 radical (unpaired) electrons. The largest absolute Gasteiger partial charge is 0.465 e. The maximum Gasteiger partial charge on any atom is 0.339 e. The number of halogens is 3. The molecule has 0 saturated carbocycles. The van der Waals surface area contributed by atoms with Crippen molar-refractivity contribution in [2.24, 2.45) is 0 Å². The highest BCUT2D eigenvalue weighted by atomic mass is 79.9. The van der Waals surface area contributed by atoms with Gasteiger partial charge in [0, 0.05) is 4.47 Å². The molecule has 0 amide bonds. The van der Waals surface area contributed by atoms with Gasteiger partial charge in [-0.3, -0.25) is 0 Å². The summed E-state index contributed by atoms with van der Waals surface area (Å²) in [5, 5.41) is 0.541. The molecular weight excluding hydrogens is 323 g/mol. The number of benzene rings is 1. The number of hydrogen-bond acceptors (Lipinski definition) is 2. The Labute approximate surface area is 97.5 Å². The first-order chi connectivity index (χ1) is 6.07. The molecule has 0 spiro atoms. The number of hydrogen-bond donors (Lipinski definition) is 0.